The van der Waals surface area contributed by atoms with Crippen molar-refractivity contribution in [2.24, 2.45) is 7.05 Å². The van der Waals surface area contributed by atoms with E-state index in [9.17, 15) is 10.1 Å². The number of anilines is 2. The summed E-state index contributed by atoms with van der Waals surface area (Å²) in [7, 11) is 3.53. The molecule has 0 fully saturated rings. The third kappa shape index (κ3) is 3.44. The molecule has 2 aromatic heterocycles. The van der Waals surface area contributed by atoms with E-state index in [4.69, 9.17) is 0 Å². The monoisotopic (exact) mass is 276 g/mol. The van der Waals surface area contributed by atoms with Crippen LogP contribution in [0.3, 0.4) is 0 Å². The fraction of sp³-hybridized carbons (Fsp3) is 0.333. The lowest BCUT2D eigenvalue weighted by atomic mass is 10.2. The van der Waals surface area contributed by atoms with Gasteiger partial charge in [0.25, 0.3) is 5.69 Å². The molecule has 0 aliphatic heterocycles. The maximum atomic E-state index is 10.8. The Morgan fingerprint density at radius 3 is 2.75 bits per heavy atom. The standard InChI is InChI=1S/C12H16N6O2/c1-13-11-5-10(18(19)20)6-12(16-11)14-4-3-9-7-15-17(2)8-9/h5-8H,3-4H2,1-2H3,(H2,13,14,16). The largest absolute Gasteiger partial charge is 0.373 e. The molecule has 0 saturated carbocycles. The molecular weight excluding hydrogens is 260 g/mol. The Hall–Kier alpha value is -2.64. The minimum atomic E-state index is -0.436. The Kier molecular flexibility index (Phi) is 4.14. The van der Waals surface area contributed by atoms with Crippen molar-refractivity contribution < 1.29 is 4.92 Å². The average molecular weight is 276 g/mol. The third-order valence-corrected chi connectivity index (χ3v) is 2.76. The first kappa shape index (κ1) is 13.8. The predicted octanol–water partition coefficient (Wildman–Crippen LogP) is 1.42. The van der Waals surface area contributed by atoms with Crippen molar-refractivity contribution in [3.63, 3.8) is 0 Å². The quantitative estimate of drug-likeness (QED) is 0.611. The number of aromatic nitrogens is 3. The van der Waals surface area contributed by atoms with Crippen LogP contribution in [0.2, 0.25) is 0 Å². The summed E-state index contributed by atoms with van der Waals surface area (Å²) in [6.07, 6.45) is 4.50. The van der Waals surface area contributed by atoms with Crippen molar-refractivity contribution in [1.29, 1.82) is 0 Å². The minimum Gasteiger partial charge on any atom is -0.373 e. The highest BCUT2D eigenvalue weighted by atomic mass is 16.6. The van der Waals surface area contributed by atoms with Gasteiger partial charge in [-0.3, -0.25) is 14.8 Å². The second-order valence-electron chi connectivity index (χ2n) is 4.30. The molecule has 2 aromatic rings. The van der Waals surface area contributed by atoms with E-state index in [0.29, 0.717) is 18.2 Å². The maximum Gasteiger partial charge on any atom is 0.276 e. The van der Waals surface area contributed by atoms with E-state index in [1.165, 1.54) is 12.1 Å². The number of rotatable bonds is 6. The lowest BCUT2D eigenvalue weighted by Gasteiger charge is -2.07. The zero-order valence-corrected chi connectivity index (χ0v) is 11.3. The van der Waals surface area contributed by atoms with Crippen LogP contribution in [0.4, 0.5) is 17.3 Å². The van der Waals surface area contributed by atoms with E-state index in [1.807, 2.05) is 13.2 Å². The zero-order chi connectivity index (χ0) is 14.5. The predicted molar refractivity (Wildman–Crippen MR) is 75.8 cm³/mol. The van der Waals surface area contributed by atoms with Gasteiger partial charge in [0.15, 0.2) is 0 Å². The number of nitro groups is 1. The van der Waals surface area contributed by atoms with Gasteiger partial charge in [-0.1, -0.05) is 0 Å². The SMILES string of the molecule is CNc1cc([N+](=O)[O-])cc(NCCc2cnn(C)c2)n1. The fourth-order valence-corrected chi connectivity index (χ4v) is 1.78. The summed E-state index contributed by atoms with van der Waals surface area (Å²) in [5.41, 5.74) is 1.10. The zero-order valence-electron chi connectivity index (χ0n) is 11.3. The molecule has 20 heavy (non-hydrogen) atoms. The van der Waals surface area contributed by atoms with Gasteiger partial charge in [-0.25, -0.2) is 4.98 Å². The van der Waals surface area contributed by atoms with Gasteiger partial charge >= 0.3 is 0 Å². The van der Waals surface area contributed by atoms with Crippen LogP contribution < -0.4 is 10.6 Å². The Labute approximate surface area is 116 Å². The van der Waals surface area contributed by atoms with Crippen molar-refractivity contribution in [2.45, 2.75) is 6.42 Å². The Morgan fingerprint density at radius 2 is 2.15 bits per heavy atom. The minimum absolute atomic E-state index is 0.00762. The van der Waals surface area contributed by atoms with Crippen LogP contribution in [0, 0.1) is 10.1 Å². The summed E-state index contributed by atoms with van der Waals surface area (Å²) in [5, 5.41) is 20.8. The van der Waals surface area contributed by atoms with Crippen LogP contribution in [0.5, 0.6) is 0 Å². The first-order valence-corrected chi connectivity index (χ1v) is 6.14. The van der Waals surface area contributed by atoms with Crippen LogP contribution in [0.15, 0.2) is 24.5 Å². The number of pyridine rings is 1. The molecule has 2 heterocycles. The summed E-state index contributed by atoms with van der Waals surface area (Å²) in [6, 6.07) is 2.82. The lowest BCUT2D eigenvalue weighted by molar-refractivity contribution is -0.384. The van der Waals surface area contributed by atoms with Crippen molar-refractivity contribution in [2.75, 3.05) is 24.2 Å². The second-order valence-corrected chi connectivity index (χ2v) is 4.30. The van der Waals surface area contributed by atoms with Crippen molar-refractivity contribution in [3.05, 3.63) is 40.2 Å². The number of hydrogen-bond donors (Lipinski definition) is 2. The molecule has 0 amide bonds. The normalized spacial score (nSPS) is 10.3. The molecule has 0 aromatic carbocycles. The highest BCUT2D eigenvalue weighted by Crippen LogP contribution is 2.20. The highest BCUT2D eigenvalue weighted by molar-refractivity contribution is 5.54. The lowest BCUT2D eigenvalue weighted by Crippen LogP contribution is -2.07. The summed E-state index contributed by atoms with van der Waals surface area (Å²) in [5.74, 6) is 0.940. The molecule has 8 nitrogen and oxygen atoms in total. The molecule has 2 N–H and O–H groups in total. The van der Waals surface area contributed by atoms with Gasteiger partial charge in [-0.05, 0) is 12.0 Å². The third-order valence-electron chi connectivity index (χ3n) is 2.76. The van der Waals surface area contributed by atoms with Gasteiger partial charge in [0, 0.05) is 26.8 Å². The molecule has 8 heteroatoms. The van der Waals surface area contributed by atoms with Gasteiger partial charge in [-0.2, -0.15) is 5.10 Å². The molecule has 0 bridgehead atoms. The molecule has 106 valence electrons. The van der Waals surface area contributed by atoms with E-state index in [0.717, 1.165) is 12.0 Å². The highest BCUT2D eigenvalue weighted by Gasteiger charge is 2.10. The van der Waals surface area contributed by atoms with Crippen LogP contribution in [-0.2, 0) is 13.5 Å². The molecule has 2 rings (SSSR count). The summed E-state index contributed by atoms with van der Waals surface area (Å²) < 4.78 is 1.74. The number of hydrogen-bond acceptors (Lipinski definition) is 6. The maximum absolute atomic E-state index is 10.8. The fourth-order valence-electron chi connectivity index (χ4n) is 1.78. The molecule has 0 radical (unpaired) electrons. The van der Waals surface area contributed by atoms with Crippen molar-refractivity contribution >= 4 is 17.3 Å². The van der Waals surface area contributed by atoms with Crippen LogP contribution >= 0.6 is 0 Å². The summed E-state index contributed by atoms with van der Waals surface area (Å²) >= 11 is 0. The van der Waals surface area contributed by atoms with E-state index < -0.39 is 4.92 Å². The molecule has 0 aliphatic rings. The van der Waals surface area contributed by atoms with E-state index in [-0.39, 0.29) is 5.69 Å². The van der Waals surface area contributed by atoms with E-state index in [1.54, 1.807) is 17.9 Å². The Bertz CT molecular complexity index is 610. The summed E-state index contributed by atoms with van der Waals surface area (Å²) in [4.78, 5) is 14.6. The van der Waals surface area contributed by atoms with Gasteiger partial charge in [0.1, 0.15) is 11.6 Å². The molecule has 0 atom stereocenters. The number of aryl methyl sites for hydroxylation is 1. The number of nitrogens with one attached hydrogen (secondary N) is 2. The first-order valence-electron chi connectivity index (χ1n) is 6.14. The number of nitrogens with zero attached hydrogens (tertiary/aromatic N) is 4. The Morgan fingerprint density at radius 1 is 1.40 bits per heavy atom. The van der Waals surface area contributed by atoms with Crippen molar-refractivity contribution in [3.8, 4) is 0 Å². The molecule has 0 unspecified atom stereocenters. The smallest absolute Gasteiger partial charge is 0.276 e. The Balaban J connectivity index is 2.01. The first-order chi connectivity index (χ1) is 9.58. The van der Waals surface area contributed by atoms with Crippen LogP contribution in [0.25, 0.3) is 0 Å². The van der Waals surface area contributed by atoms with Crippen LogP contribution in [0.1, 0.15) is 5.56 Å². The van der Waals surface area contributed by atoms with Gasteiger partial charge in [0.2, 0.25) is 0 Å². The average Bonchev–Trinajstić information content (AvgIpc) is 2.84. The molecule has 0 spiro atoms. The van der Waals surface area contributed by atoms with Gasteiger partial charge in [0.05, 0.1) is 23.3 Å². The molecule has 0 saturated heterocycles. The van der Waals surface area contributed by atoms with E-state index >= 15 is 0 Å². The summed E-state index contributed by atoms with van der Waals surface area (Å²) in [6.45, 7) is 0.628. The van der Waals surface area contributed by atoms with Gasteiger partial charge in [-0.15, -0.1) is 0 Å². The molecule has 0 aliphatic carbocycles. The topological polar surface area (TPSA) is 97.9 Å². The molecular formula is C12H16N6O2. The van der Waals surface area contributed by atoms with Crippen LogP contribution in [-0.4, -0.2) is 33.3 Å². The van der Waals surface area contributed by atoms with E-state index in [2.05, 4.69) is 20.7 Å². The van der Waals surface area contributed by atoms with Gasteiger partial charge < -0.3 is 10.6 Å². The second kappa shape index (κ2) is 6.00. The van der Waals surface area contributed by atoms with Crippen molar-refractivity contribution in [1.82, 2.24) is 14.8 Å².